The Labute approximate surface area is 89.3 Å². The summed E-state index contributed by atoms with van der Waals surface area (Å²) >= 11 is 0. The first kappa shape index (κ1) is 10.1. The maximum Gasteiger partial charge on any atom is 0.158 e. The summed E-state index contributed by atoms with van der Waals surface area (Å²) in [6, 6.07) is 4.13. The second kappa shape index (κ2) is 4.40. The predicted octanol–water partition coefficient (Wildman–Crippen LogP) is 1.05. The van der Waals surface area contributed by atoms with Gasteiger partial charge >= 0.3 is 0 Å². The fourth-order valence-corrected chi connectivity index (χ4v) is 1.61. The summed E-state index contributed by atoms with van der Waals surface area (Å²) in [5.74, 6) is 0.909. The molecule has 2 aromatic heterocycles. The van der Waals surface area contributed by atoms with Gasteiger partial charge < -0.3 is 5.32 Å². The van der Waals surface area contributed by atoms with Gasteiger partial charge in [-0.15, -0.1) is 0 Å². The number of likely N-dealkylation sites (N-methyl/N-ethyl adjacent to an activating group) is 1. The Morgan fingerprint density at radius 1 is 1.47 bits per heavy atom. The van der Waals surface area contributed by atoms with Crippen molar-refractivity contribution in [2.45, 2.75) is 19.8 Å². The molecule has 0 saturated carbocycles. The molecule has 0 radical (unpaired) electrons. The molecule has 0 aliphatic carbocycles. The van der Waals surface area contributed by atoms with Gasteiger partial charge in [0.15, 0.2) is 11.5 Å². The number of nitrogens with zero attached hydrogens (tertiary/aromatic N) is 3. The largest absolute Gasteiger partial charge is 0.319 e. The number of aromatic nitrogens is 3. The highest BCUT2D eigenvalue weighted by Crippen LogP contribution is 2.09. The summed E-state index contributed by atoms with van der Waals surface area (Å²) in [4.78, 5) is 4.51. The van der Waals surface area contributed by atoms with Gasteiger partial charge in [-0.3, -0.25) is 0 Å². The lowest BCUT2D eigenvalue weighted by Gasteiger charge is -2.01. The van der Waals surface area contributed by atoms with Gasteiger partial charge in [-0.2, -0.15) is 5.10 Å². The number of aryl methyl sites for hydroxylation is 1. The van der Waals surface area contributed by atoms with Crippen LogP contribution in [0.3, 0.4) is 0 Å². The number of fused-ring (bicyclic) bond motifs is 1. The van der Waals surface area contributed by atoms with E-state index in [1.165, 1.54) is 5.56 Å². The zero-order chi connectivity index (χ0) is 10.7. The lowest BCUT2D eigenvalue weighted by molar-refractivity contribution is 0.789. The highest BCUT2D eigenvalue weighted by Gasteiger charge is 2.05. The summed E-state index contributed by atoms with van der Waals surface area (Å²) in [7, 11) is 1.96. The minimum atomic E-state index is 0.882. The molecule has 2 heterocycles. The van der Waals surface area contributed by atoms with E-state index in [1.54, 1.807) is 0 Å². The van der Waals surface area contributed by atoms with Gasteiger partial charge in [0.25, 0.3) is 0 Å². The first-order chi connectivity index (χ1) is 7.35. The van der Waals surface area contributed by atoms with Crippen LogP contribution in [0.25, 0.3) is 5.65 Å². The van der Waals surface area contributed by atoms with Gasteiger partial charge in [-0.05, 0) is 31.6 Å². The van der Waals surface area contributed by atoms with Gasteiger partial charge in [0.2, 0.25) is 0 Å². The molecule has 0 aromatic carbocycles. The molecule has 0 fully saturated rings. The topological polar surface area (TPSA) is 42.2 Å². The van der Waals surface area contributed by atoms with E-state index in [2.05, 4.69) is 28.4 Å². The van der Waals surface area contributed by atoms with Crippen molar-refractivity contribution in [3.05, 3.63) is 29.7 Å². The summed E-state index contributed by atoms with van der Waals surface area (Å²) in [5.41, 5.74) is 2.24. The Morgan fingerprint density at radius 3 is 3.07 bits per heavy atom. The summed E-state index contributed by atoms with van der Waals surface area (Å²) in [6.45, 7) is 3.04. The number of hydrogen-bond donors (Lipinski definition) is 1. The first-order valence-electron chi connectivity index (χ1n) is 5.33. The SMILES string of the molecule is CCc1nc2c(CCNC)cccn2n1. The molecule has 0 aliphatic rings. The molecule has 80 valence electrons. The Bertz CT molecular complexity index is 447. The molecule has 0 amide bonds. The third kappa shape index (κ3) is 1.99. The molecular weight excluding hydrogens is 188 g/mol. The van der Waals surface area contributed by atoms with E-state index in [9.17, 15) is 0 Å². The Kier molecular flexibility index (Phi) is 2.97. The van der Waals surface area contributed by atoms with Crippen LogP contribution in [-0.2, 0) is 12.8 Å². The molecule has 2 aromatic rings. The van der Waals surface area contributed by atoms with E-state index in [4.69, 9.17) is 0 Å². The Morgan fingerprint density at radius 2 is 2.33 bits per heavy atom. The zero-order valence-electron chi connectivity index (χ0n) is 9.20. The van der Waals surface area contributed by atoms with E-state index in [0.717, 1.165) is 30.9 Å². The summed E-state index contributed by atoms with van der Waals surface area (Å²) in [6.07, 6.45) is 3.82. The summed E-state index contributed by atoms with van der Waals surface area (Å²) < 4.78 is 1.86. The van der Waals surface area contributed by atoms with Crippen LogP contribution >= 0.6 is 0 Å². The molecule has 4 heteroatoms. The second-order valence-electron chi connectivity index (χ2n) is 3.54. The average Bonchev–Trinajstić information content (AvgIpc) is 2.69. The van der Waals surface area contributed by atoms with Crippen LogP contribution in [0.2, 0.25) is 0 Å². The monoisotopic (exact) mass is 204 g/mol. The highest BCUT2D eigenvalue weighted by molar-refractivity contribution is 5.47. The third-order valence-electron chi connectivity index (χ3n) is 2.45. The van der Waals surface area contributed by atoms with Crippen LogP contribution in [0.5, 0.6) is 0 Å². The van der Waals surface area contributed by atoms with E-state index in [1.807, 2.05) is 23.8 Å². The normalized spacial score (nSPS) is 11.1. The van der Waals surface area contributed by atoms with Crippen molar-refractivity contribution in [3.8, 4) is 0 Å². The van der Waals surface area contributed by atoms with Crippen molar-refractivity contribution in [2.24, 2.45) is 0 Å². The standard InChI is InChI=1S/C11H16N4/c1-3-10-13-11-9(6-7-12-2)5-4-8-15(11)14-10/h4-5,8,12H,3,6-7H2,1-2H3. The van der Waals surface area contributed by atoms with Crippen molar-refractivity contribution < 1.29 is 0 Å². The number of rotatable bonds is 4. The average molecular weight is 204 g/mol. The fourth-order valence-electron chi connectivity index (χ4n) is 1.61. The van der Waals surface area contributed by atoms with E-state index in [0.29, 0.717) is 0 Å². The molecule has 4 nitrogen and oxygen atoms in total. The highest BCUT2D eigenvalue weighted by atomic mass is 15.3. The molecule has 0 atom stereocenters. The van der Waals surface area contributed by atoms with Crippen molar-refractivity contribution in [1.29, 1.82) is 0 Å². The summed E-state index contributed by atoms with van der Waals surface area (Å²) in [5, 5.41) is 7.53. The second-order valence-corrected chi connectivity index (χ2v) is 3.54. The molecule has 0 aliphatic heterocycles. The van der Waals surface area contributed by atoms with Crippen molar-refractivity contribution >= 4 is 5.65 Å². The minimum absolute atomic E-state index is 0.882. The molecule has 0 bridgehead atoms. The maximum atomic E-state index is 4.51. The van der Waals surface area contributed by atoms with E-state index < -0.39 is 0 Å². The quantitative estimate of drug-likeness (QED) is 0.809. The van der Waals surface area contributed by atoms with E-state index in [-0.39, 0.29) is 0 Å². The predicted molar refractivity (Wildman–Crippen MR) is 60.0 cm³/mol. The van der Waals surface area contributed by atoms with Crippen LogP contribution < -0.4 is 5.32 Å². The number of hydrogen-bond acceptors (Lipinski definition) is 3. The van der Waals surface area contributed by atoms with Crippen LogP contribution in [0, 0.1) is 0 Å². The van der Waals surface area contributed by atoms with Crippen LogP contribution in [0.4, 0.5) is 0 Å². The molecule has 15 heavy (non-hydrogen) atoms. The minimum Gasteiger partial charge on any atom is -0.319 e. The first-order valence-corrected chi connectivity index (χ1v) is 5.33. The molecule has 1 N–H and O–H groups in total. The van der Waals surface area contributed by atoms with Gasteiger partial charge in [0.05, 0.1) is 0 Å². The lowest BCUT2D eigenvalue weighted by atomic mass is 10.2. The van der Waals surface area contributed by atoms with Crippen molar-refractivity contribution in [2.75, 3.05) is 13.6 Å². The van der Waals surface area contributed by atoms with Crippen molar-refractivity contribution in [1.82, 2.24) is 19.9 Å². The lowest BCUT2D eigenvalue weighted by Crippen LogP contribution is -2.11. The van der Waals surface area contributed by atoms with Crippen LogP contribution in [-0.4, -0.2) is 28.2 Å². The molecule has 0 saturated heterocycles. The third-order valence-corrected chi connectivity index (χ3v) is 2.45. The van der Waals surface area contributed by atoms with Crippen LogP contribution in [0.15, 0.2) is 18.3 Å². The molecule has 0 spiro atoms. The Hall–Kier alpha value is -1.42. The molecule has 0 unspecified atom stereocenters. The van der Waals surface area contributed by atoms with Gasteiger partial charge in [0, 0.05) is 12.6 Å². The smallest absolute Gasteiger partial charge is 0.158 e. The van der Waals surface area contributed by atoms with Crippen molar-refractivity contribution in [3.63, 3.8) is 0 Å². The van der Waals surface area contributed by atoms with Gasteiger partial charge in [-0.25, -0.2) is 9.50 Å². The molecule has 2 rings (SSSR count). The Balaban J connectivity index is 2.40. The van der Waals surface area contributed by atoms with Gasteiger partial charge in [-0.1, -0.05) is 13.0 Å². The fraction of sp³-hybridized carbons (Fsp3) is 0.455. The molecular formula is C11H16N4. The number of nitrogens with one attached hydrogen (secondary N) is 1. The maximum absolute atomic E-state index is 4.51. The van der Waals surface area contributed by atoms with Crippen LogP contribution in [0.1, 0.15) is 18.3 Å². The van der Waals surface area contributed by atoms with Gasteiger partial charge in [0.1, 0.15) is 0 Å². The zero-order valence-corrected chi connectivity index (χ0v) is 9.20. The van der Waals surface area contributed by atoms with E-state index >= 15 is 0 Å². The number of pyridine rings is 1.